The van der Waals surface area contributed by atoms with Gasteiger partial charge in [0, 0.05) is 26.1 Å². The van der Waals surface area contributed by atoms with Crippen molar-refractivity contribution in [2.45, 2.75) is 24.3 Å². The van der Waals surface area contributed by atoms with E-state index in [2.05, 4.69) is 5.32 Å². The van der Waals surface area contributed by atoms with E-state index in [1.54, 1.807) is 31.3 Å². The molecule has 8 nitrogen and oxygen atoms in total. The van der Waals surface area contributed by atoms with Crippen molar-refractivity contribution in [1.82, 2.24) is 14.5 Å². The zero-order valence-electron chi connectivity index (χ0n) is 18.4. The third-order valence-corrected chi connectivity index (χ3v) is 7.85. The van der Waals surface area contributed by atoms with Crippen LogP contribution in [0.5, 0.6) is 0 Å². The van der Waals surface area contributed by atoms with Gasteiger partial charge in [0.2, 0.25) is 21.8 Å². The molecule has 1 aromatic heterocycles. The Morgan fingerprint density at radius 3 is 2.48 bits per heavy atom. The van der Waals surface area contributed by atoms with Gasteiger partial charge in [-0.25, -0.2) is 8.42 Å². The molecule has 2 aromatic carbocycles. The molecule has 0 bridgehead atoms. The van der Waals surface area contributed by atoms with Crippen LogP contribution in [0, 0.1) is 5.92 Å². The molecule has 3 aromatic rings. The molecule has 0 saturated carbocycles. The number of carbonyl (C=O) groups excluding carboxylic acids is 2. The summed E-state index contributed by atoms with van der Waals surface area (Å²) in [6, 6.07) is 16.3. The summed E-state index contributed by atoms with van der Waals surface area (Å²) in [4.78, 5) is 26.6. The zero-order chi connectivity index (χ0) is 23.4. The van der Waals surface area contributed by atoms with E-state index in [0.717, 1.165) is 10.8 Å². The Hall–Kier alpha value is -3.17. The van der Waals surface area contributed by atoms with Crippen molar-refractivity contribution in [3.63, 3.8) is 0 Å². The monoisotopic (exact) mass is 469 g/mol. The van der Waals surface area contributed by atoms with Crippen LogP contribution in [0.1, 0.15) is 18.6 Å². The Labute approximate surface area is 193 Å². The summed E-state index contributed by atoms with van der Waals surface area (Å²) >= 11 is 0. The van der Waals surface area contributed by atoms with E-state index in [1.165, 1.54) is 15.5 Å². The minimum absolute atomic E-state index is 0.0604. The maximum absolute atomic E-state index is 13.1. The first-order valence-corrected chi connectivity index (χ1v) is 12.3. The number of carbonyl (C=O) groups is 2. The summed E-state index contributed by atoms with van der Waals surface area (Å²) in [6.45, 7) is 0.738. The second kappa shape index (κ2) is 9.76. The Balaban J connectivity index is 1.31. The molecule has 9 heteroatoms. The van der Waals surface area contributed by atoms with Crippen molar-refractivity contribution in [3.05, 3.63) is 66.6 Å². The Morgan fingerprint density at radius 2 is 1.79 bits per heavy atom. The van der Waals surface area contributed by atoms with E-state index in [-0.39, 0.29) is 48.8 Å². The SMILES string of the molecule is CN(CC(=O)NCc1ccco1)C(=O)C1CCN(S(=O)(=O)c2ccc3ccccc3c2)CC1. The lowest BCUT2D eigenvalue weighted by molar-refractivity contribution is -0.139. The number of benzene rings is 2. The lowest BCUT2D eigenvalue weighted by atomic mass is 9.96. The second-order valence-electron chi connectivity index (χ2n) is 8.24. The van der Waals surface area contributed by atoms with Gasteiger partial charge in [-0.3, -0.25) is 9.59 Å². The second-order valence-corrected chi connectivity index (χ2v) is 10.2. The van der Waals surface area contributed by atoms with Crippen LogP contribution in [-0.4, -0.2) is 56.1 Å². The molecule has 2 heterocycles. The fourth-order valence-corrected chi connectivity index (χ4v) is 5.59. The lowest BCUT2D eigenvalue weighted by Gasteiger charge is -2.32. The summed E-state index contributed by atoms with van der Waals surface area (Å²) in [5.74, 6) is -0.0993. The molecule has 174 valence electrons. The van der Waals surface area contributed by atoms with Gasteiger partial charge in [-0.2, -0.15) is 4.31 Å². The molecule has 0 atom stereocenters. The molecule has 1 saturated heterocycles. The molecule has 1 N–H and O–H groups in total. The lowest BCUT2D eigenvalue weighted by Crippen LogP contribution is -2.45. The first-order valence-electron chi connectivity index (χ1n) is 10.9. The number of furan rings is 1. The van der Waals surface area contributed by atoms with Gasteiger partial charge in [0.25, 0.3) is 0 Å². The Morgan fingerprint density at radius 1 is 1.06 bits per heavy atom. The van der Waals surface area contributed by atoms with Gasteiger partial charge < -0.3 is 14.6 Å². The van der Waals surface area contributed by atoms with Crippen LogP contribution in [0.2, 0.25) is 0 Å². The number of piperidine rings is 1. The standard InChI is InChI=1S/C24H27N3O5S/c1-26(17-23(28)25-16-21-7-4-14-32-21)24(29)19-10-12-27(13-11-19)33(30,31)22-9-8-18-5-2-3-6-20(18)15-22/h2-9,14-15,19H,10-13,16-17H2,1H3,(H,25,28). The number of likely N-dealkylation sites (N-methyl/N-ethyl adjacent to an activating group) is 1. The predicted molar refractivity (Wildman–Crippen MR) is 124 cm³/mol. The number of rotatable bonds is 7. The molecule has 2 amide bonds. The fraction of sp³-hybridized carbons (Fsp3) is 0.333. The highest BCUT2D eigenvalue weighted by atomic mass is 32.2. The van der Waals surface area contributed by atoms with E-state index in [9.17, 15) is 18.0 Å². The molecule has 1 fully saturated rings. The van der Waals surface area contributed by atoms with Gasteiger partial charge in [0.1, 0.15) is 5.76 Å². The van der Waals surface area contributed by atoms with Gasteiger partial charge in [0.15, 0.2) is 0 Å². The number of fused-ring (bicyclic) bond motifs is 1. The molecule has 0 aliphatic carbocycles. The number of hydrogen-bond donors (Lipinski definition) is 1. The van der Waals surface area contributed by atoms with Crippen LogP contribution in [-0.2, 0) is 26.2 Å². The van der Waals surface area contributed by atoms with Crippen LogP contribution in [0.15, 0.2) is 70.2 Å². The highest BCUT2D eigenvalue weighted by Gasteiger charge is 2.33. The van der Waals surface area contributed by atoms with Crippen molar-refractivity contribution in [3.8, 4) is 0 Å². The highest BCUT2D eigenvalue weighted by molar-refractivity contribution is 7.89. The molecule has 0 unspecified atom stereocenters. The minimum atomic E-state index is -3.64. The number of nitrogens with one attached hydrogen (secondary N) is 1. The average Bonchev–Trinajstić information content (AvgIpc) is 3.36. The maximum atomic E-state index is 13.1. The molecule has 33 heavy (non-hydrogen) atoms. The zero-order valence-corrected chi connectivity index (χ0v) is 19.3. The topological polar surface area (TPSA) is 99.9 Å². The van der Waals surface area contributed by atoms with Gasteiger partial charge in [-0.05, 0) is 47.9 Å². The van der Waals surface area contributed by atoms with Crippen molar-refractivity contribution in [2.75, 3.05) is 26.7 Å². The smallest absolute Gasteiger partial charge is 0.243 e. The van der Waals surface area contributed by atoms with Crippen LogP contribution in [0.4, 0.5) is 0 Å². The van der Waals surface area contributed by atoms with Gasteiger partial charge in [-0.15, -0.1) is 0 Å². The van der Waals surface area contributed by atoms with Crippen molar-refractivity contribution >= 4 is 32.6 Å². The Kier molecular flexibility index (Phi) is 6.80. The molecule has 4 rings (SSSR count). The van der Waals surface area contributed by atoms with Crippen LogP contribution in [0.3, 0.4) is 0 Å². The molecule has 0 radical (unpaired) electrons. The summed E-state index contributed by atoms with van der Waals surface area (Å²) in [6.07, 6.45) is 2.37. The first-order chi connectivity index (χ1) is 15.8. The summed E-state index contributed by atoms with van der Waals surface area (Å²) < 4.78 is 32.9. The fourth-order valence-electron chi connectivity index (χ4n) is 4.08. The number of sulfonamides is 1. The minimum Gasteiger partial charge on any atom is -0.467 e. The van der Waals surface area contributed by atoms with Gasteiger partial charge in [0.05, 0.1) is 24.2 Å². The predicted octanol–water partition coefficient (Wildman–Crippen LogP) is 2.61. The van der Waals surface area contributed by atoms with Gasteiger partial charge >= 0.3 is 0 Å². The van der Waals surface area contributed by atoms with E-state index < -0.39 is 10.0 Å². The Bertz CT molecular complexity index is 1230. The highest BCUT2D eigenvalue weighted by Crippen LogP contribution is 2.27. The molecular weight excluding hydrogens is 442 g/mol. The van der Waals surface area contributed by atoms with Crippen LogP contribution < -0.4 is 5.32 Å². The maximum Gasteiger partial charge on any atom is 0.243 e. The summed E-state index contributed by atoms with van der Waals surface area (Å²) in [7, 11) is -2.05. The van der Waals surface area contributed by atoms with Crippen LogP contribution in [0.25, 0.3) is 10.8 Å². The van der Waals surface area contributed by atoms with Crippen LogP contribution >= 0.6 is 0 Å². The number of nitrogens with zero attached hydrogens (tertiary/aromatic N) is 2. The van der Waals surface area contributed by atoms with Crippen molar-refractivity contribution in [1.29, 1.82) is 0 Å². The normalized spacial score (nSPS) is 15.4. The largest absolute Gasteiger partial charge is 0.467 e. The third kappa shape index (κ3) is 5.26. The van der Waals surface area contributed by atoms with E-state index in [1.807, 2.05) is 30.3 Å². The van der Waals surface area contributed by atoms with E-state index in [0.29, 0.717) is 18.6 Å². The number of hydrogen-bond acceptors (Lipinski definition) is 5. The molecule has 1 aliphatic rings. The number of amides is 2. The van der Waals surface area contributed by atoms with Crippen molar-refractivity contribution < 1.29 is 22.4 Å². The molecular formula is C24H27N3O5S. The van der Waals surface area contributed by atoms with Gasteiger partial charge in [-0.1, -0.05) is 30.3 Å². The third-order valence-electron chi connectivity index (χ3n) is 5.96. The average molecular weight is 470 g/mol. The molecule has 0 spiro atoms. The van der Waals surface area contributed by atoms with Crippen molar-refractivity contribution in [2.24, 2.45) is 5.92 Å². The summed E-state index contributed by atoms with van der Waals surface area (Å²) in [5.41, 5.74) is 0. The van der Waals surface area contributed by atoms with E-state index in [4.69, 9.17) is 4.42 Å². The molecule has 1 aliphatic heterocycles. The first kappa shape index (κ1) is 23.0. The quantitative estimate of drug-likeness (QED) is 0.573. The summed E-state index contributed by atoms with van der Waals surface area (Å²) in [5, 5.41) is 4.57. The van der Waals surface area contributed by atoms with E-state index >= 15 is 0 Å².